The zero-order valence-corrected chi connectivity index (χ0v) is 13.9. The minimum absolute atomic E-state index is 0.0872. The highest BCUT2D eigenvalue weighted by atomic mass is 32.1. The van der Waals surface area contributed by atoms with Gasteiger partial charge in [0.15, 0.2) is 0 Å². The molecule has 22 heavy (non-hydrogen) atoms. The third-order valence-electron chi connectivity index (χ3n) is 3.80. The van der Waals surface area contributed by atoms with E-state index in [2.05, 4.69) is 27.3 Å². The third kappa shape index (κ3) is 4.74. The zero-order chi connectivity index (χ0) is 15.9. The average molecular weight is 325 g/mol. The van der Waals surface area contributed by atoms with Crippen molar-refractivity contribution in [2.45, 2.75) is 26.7 Å². The monoisotopic (exact) mass is 325 g/mol. The largest absolute Gasteiger partial charge is 0.340 e. The highest BCUT2D eigenvalue weighted by Crippen LogP contribution is 2.12. The average Bonchev–Trinajstić information content (AvgIpc) is 3.00. The van der Waals surface area contributed by atoms with Crippen LogP contribution in [0.15, 0.2) is 5.51 Å². The Hall–Kier alpha value is -1.54. The van der Waals surface area contributed by atoms with Gasteiger partial charge in [0.05, 0.1) is 6.54 Å². The topological polar surface area (TPSA) is 78.4 Å². The lowest BCUT2D eigenvalue weighted by atomic mass is 10.0. The van der Waals surface area contributed by atoms with Gasteiger partial charge in [-0.2, -0.15) is 0 Å². The molecule has 1 aromatic heterocycles. The zero-order valence-electron chi connectivity index (χ0n) is 13.1. The van der Waals surface area contributed by atoms with E-state index in [-0.39, 0.29) is 17.7 Å². The second kappa shape index (κ2) is 8.19. The second-order valence-corrected chi connectivity index (χ2v) is 6.42. The lowest BCUT2D eigenvalue weighted by Gasteiger charge is -2.35. The molecular formula is C14H23N5O2S. The Kier molecular flexibility index (Phi) is 6.26. The van der Waals surface area contributed by atoms with Crippen molar-refractivity contribution >= 4 is 28.3 Å². The first-order chi connectivity index (χ1) is 10.6. The summed E-state index contributed by atoms with van der Waals surface area (Å²) in [6.07, 6.45) is 1.96. The van der Waals surface area contributed by atoms with E-state index >= 15 is 0 Å². The number of aromatic nitrogens is 2. The van der Waals surface area contributed by atoms with Crippen LogP contribution in [-0.4, -0.2) is 64.5 Å². The van der Waals surface area contributed by atoms with Crippen LogP contribution < -0.4 is 5.32 Å². The highest BCUT2D eigenvalue weighted by Gasteiger charge is 2.25. The van der Waals surface area contributed by atoms with E-state index in [1.165, 1.54) is 11.3 Å². The summed E-state index contributed by atoms with van der Waals surface area (Å²) in [7, 11) is 0. The summed E-state index contributed by atoms with van der Waals surface area (Å²) >= 11 is 1.30. The van der Waals surface area contributed by atoms with Gasteiger partial charge >= 0.3 is 0 Å². The molecule has 0 aromatic carbocycles. The molecule has 2 rings (SSSR count). The van der Waals surface area contributed by atoms with Gasteiger partial charge in [0.1, 0.15) is 5.51 Å². The molecule has 122 valence electrons. The molecule has 7 nitrogen and oxygen atoms in total. The smallest absolute Gasteiger partial charge is 0.240 e. The summed E-state index contributed by atoms with van der Waals surface area (Å²) < 4.78 is 0. The molecule has 1 aliphatic rings. The van der Waals surface area contributed by atoms with E-state index < -0.39 is 0 Å². The van der Waals surface area contributed by atoms with Gasteiger partial charge in [-0.3, -0.25) is 19.8 Å². The molecular weight excluding hydrogens is 302 g/mol. The maximum Gasteiger partial charge on any atom is 0.240 e. The van der Waals surface area contributed by atoms with Crippen molar-refractivity contribution in [3.05, 3.63) is 5.51 Å². The summed E-state index contributed by atoms with van der Waals surface area (Å²) in [5.74, 6) is 0.243. The molecule has 0 radical (unpaired) electrons. The molecule has 0 saturated carbocycles. The molecule has 0 spiro atoms. The molecule has 1 fully saturated rings. The third-order valence-corrected chi connectivity index (χ3v) is 4.41. The van der Waals surface area contributed by atoms with Crippen molar-refractivity contribution in [1.82, 2.24) is 20.0 Å². The second-order valence-electron chi connectivity index (χ2n) is 5.58. The van der Waals surface area contributed by atoms with Gasteiger partial charge in [-0.25, -0.2) is 0 Å². The first kappa shape index (κ1) is 16.8. The Bertz CT molecular complexity index is 485. The quantitative estimate of drug-likeness (QED) is 0.846. The normalized spacial score (nSPS) is 17.3. The molecule has 1 unspecified atom stereocenters. The van der Waals surface area contributed by atoms with E-state index in [0.29, 0.717) is 24.8 Å². The standard InChI is InChI=1S/C14H23N5O2S/c1-3-4-11(2)13(21)19-7-5-18(6-8-19)9-12(20)16-14-17-15-10-22-14/h10-11H,3-9H2,1-2H3,(H,16,17,20). The number of anilines is 1. The van der Waals surface area contributed by atoms with Crippen LogP contribution >= 0.6 is 11.3 Å². The predicted octanol–water partition coefficient (Wildman–Crippen LogP) is 1.06. The molecule has 1 saturated heterocycles. The Balaban J connectivity index is 1.72. The summed E-state index contributed by atoms with van der Waals surface area (Å²) in [6.45, 7) is 7.26. The van der Waals surface area contributed by atoms with E-state index in [1.807, 2.05) is 11.8 Å². The lowest BCUT2D eigenvalue weighted by molar-refractivity contribution is -0.137. The van der Waals surface area contributed by atoms with Crippen LogP contribution in [-0.2, 0) is 9.59 Å². The van der Waals surface area contributed by atoms with Crippen molar-refractivity contribution < 1.29 is 9.59 Å². The number of piperazine rings is 1. The predicted molar refractivity (Wildman–Crippen MR) is 85.6 cm³/mol. The van der Waals surface area contributed by atoms with Gasteiger partial charge in [-0.1, -0.05) is 31.6 Å². The summed E-state index contributed by atoms with van der Waals surface area (Å²) in [6, 6.07) is 0. The SMILES string of the molecule is CCCC(C)C(=O)N1CCN(CC(=O)Nc2nncs2)CC1. The van der Waals surface area contributed by atoms with Crippen molar-refractivity contribution in [3.63, 3.8) is 0 Å². The Morgan fingerprint density at radius 2 is 2.09 bits per heavy atom. The summed E-state index contributed by atoms with van der Waals surface area (Å²) in [5.41, 5.74) is 1.58. The number of amides is 2. The van der Waals surface area contributed by atoms with Crippen LogP contribution in [0.3, 0.4) is 0 Å². The number of nitrogens with one attached hydrogen (secondary N) is 1. The van der Waals surface area contributed by atoms with Crippen LogP contribution in [0.4, 0.5) is 5.13 Å². The molecule has 8 heteroatoms. The van der Waals surface area contributed by atoms with Gasteiger partial charge in [-0.15, -0.1) is 10.2 Å². The van der Waals surface area contributed by atoms with Gasteiger partial charge < -0.3 is 4.90 Å². The van der Waals surface area contributed by atoms with Crippen molar-refractivity contribution in [2.24, 2.45) is 5.92 Å². The maximum atomic E-state index is 12.2. The number of hydrogen-bond acceptors (Lipinski definition) is 6. The first-order valence-corrected chi connectivity index (χ1v) is 8.55. The molecule has 2 heterocycles. The minimum atomic E-state index is -0.0872. The summed E-state index contributed by atoms with van der Waals surface area (Å²) in [4.78, 5) is 28.1. The van der Waals surface area contributed by atoms with Crippen LogP contribution in [0.1, 0.15) is 26.7 Å². The first-order valence-electron chi connectivity index (χ1n) is 7.67. The van der Waals surface area contributed by atoms with Crippen LogP contribution in [0.25, 0.3) is 0 Å². The van der Waals surface area contributed by atoms with E-state index in [4.69, 9.17) is 0 Å². The van der Waals surface area contributed by atoms with Gasteiger partial charge in [0, 0.05) is 32.1 Å². The molecule has 0 aliphatic carbocycles. The molecule has 1 N–H and O–H groups in total. The van der Waals surface area contributed by atoms with Gasteiger partial charge in [-0.05, 0) is 6.42 Å². The Morgan fingerprint density at radius 3 is 2.68 bits per heavy atom. The van der Waals surface area contributed by atoms with E-state index in [0.717, 1.165) is 25.9 Å². The number of carbonyl (C=O) groups is 2. The maximum absolute atomic E-state index is 12.2. The molecule has 0 bridgehead atoms. The van der Waals surface area contributed by atoms with E-state index in [1.54, 1.807) is 5.51 Å². The fourth-order valence-corrected chi connectivity index (χ4v) is 3.05. The molecule has 1 atom stereocenters. The molecule has 1 aromatic rings. The summed E-state index contributed by atoms with van der Waals surface area (Å²) in [5, 5.41) is 10.7. The fourth-order valence-electron chi connectivity index (χ4n) is 2.58. The van der Waals surface area contributed by atoms with Gasteiger partial charge in [0.25, 0.3) is 0 Å². The Morgan fingerprint density at radius 1 is 1.36 bits per heavy atom. The van der Waals surface area contributed by atoms with Crippen LogP contribution in [0, 0.1) is 5.92 Å². The van der Waals surface area contributed by atoms with Crippen LogP contribution in [0.5, 0.6) is 0 Å². The van der Waals surface area contributed by atoms with Crippen molar-refractivity contribution in [1.29, 1.82) is 0 Å². The van der Waals surface area contributed by atoms with Crippen molar-refractivity contribution in [2.75, 3.05) is 38.0 Å². The molecule has 2 amide bonds. The Labute approximate surface area is 134 Å². The minimum Gasteiger partial charge on any atom is -0.340 e. The number of carbonyl (C=O) groups excluding carboxylic acids is 2. The lowest BCUT2D eigenvalue weighted by Crippen LogP contribution is -2.51. The van der Waals surface area contributed by atoms with Gasteiger partial charge in [0.2, 0.25) is 16.9 Å². The number of nitrogens with zero attached hydrogens (tertiary/aromatic N) is 4. The van der Waals surface area contributed by atoms with Crippen LogP contribution in [0.2, 0.25) is 0 Å². The molecule has 1 aliphatic heterocycles. The fraction of sp³-hybridized carbons (Fsp3) is 0.714. The number of rotatable bonds is 6. The van der Waals surface area contributed by atoms with Crippen molar-refractivity contribution in [3.8, 4) is 0 Å². The van der Waals surface area contributed by atoms with E-state index in [9.17, 15) is 9.59 Å². The number of hydrogen-bond donors (Lipinski definition) is 1. The highest BCUT2D eigenvalue weighted by molar-refractivity contribution is 7.13.